The molecular weight excluding hydrogens is 320 g/mol. The summed E-state index contributed by atoms with van der Waals surface area (Å²) in [5.74, 6) is 2.34. The van der Waals surface area contributed by atoms with Crippen LogP contribution < -0.4 is 18.9 Å². The largest absolute Gasteiger partial charge is 0.497 e. The van der Waals surface area contributed by atoms with E-state index >= 15 is 0 Å². The Kier molecular flexibility index (Phi) is 4.65. The van der Waals surface area contributed by atoms with Crippen molar-refractivity contribution in [2.24, 2.45) is 0 Å². The van der Waals surface area contributed by atoms with Crippen molar-refractivity contribution in [1.82, 2.24) is 0 Å². The van der Waals surface area contributed by atoms with E-state index in [4.69, 9.17) is 18.9 Å². The van der Waals surface area contributed by atoms with Gasteiger partial charge in [-0.25, -0.2) is 0 Å². The van der Waals surface area contributed by atoms with E-state index in [9.17, 15) is 4.79 Å². The van der Waals surface area contributed by atoms with Crippen LogP contribution in [0, 0.1) is 0 Å². The summed E-state index contributed by atoms with van der Waals surface area (Å²) in [7, 11) is 6.29. The summed E-state index contributed by atoms with van der Waals surface area (Å²) in [5, 5.41) is 0. The van der Waals surface area contributed by atoms with E-state index < -0.39 is 0 Å². The molecule has 0 amide bonds. The number of ketones is 1. The molecule has 0 bridgehead atoms. The molecule has 5 heteroatoms. The van der Waals surface area contributed by atoms with Crippen LogP contribution in [-0.2, 0) is 6.42 Å². The number of methoxy groups -OCH3 is 4. The van der Waals surface area contributed by atoms with Gasteiger partial charge in [0.1, 0.15) is 11.5 Å². The van der Waals surface area contributed by atoms with E-state index in [-0.39, 0.29) is 5.78 Å². The zero-order valence-corrected chi connectivity index (χ0v) is 14.7. The second-order valence-electron chi connectivity index (χ2n) is 5.66. The van der Waals surface area contributed by atoms with Crippen LogP contribution in [0.4, 0.5) is 0 Å². The van der Waals surface area contributed by atoms with Gasteiger partial charge in [0.2, 0.25) is 0 Å². The summed E-state index contributed by atoms with van der Waals surface area (Å²) in [6.45, 7) is 0. The third kappa shape index (κ3) is 3.05. The van der Waals surface area contributed by atoms with E-state index in [1.54, 1.807) is 34.5 Å². The Labute approximate surface area is 146 Å². The van der Waals surface area contributed by atoms with Crippen LogP contribution in [0.25, 0.3) is 6.08 Å². The van der Waals surface area contributed by atoms with Gasteiger partial charge in [-0.2, -0.15) is 0 Å². The van der Waals surface area contributed by atoms with E-state index in [0.717, 1.165) is 11.1 Å². The van der Waals surface area contributed by atoms with Gasteiger partial charge < -0.3 is 18.9 Å². The van der Waals surface area contributed by atoms with Crippen LogP contribution in [0.15, 0.2) is 35.9 Å². The standard InChI is InChI=1S/C20H20O5/c1-22-15-8-12(9-16(11-15)23-2)7-14-10-13-5-6-17(24-3)20(25-4)18(13)19(14)21/h5-9,11H,10H2,1-4H3/b14-7+. The van der Waals surface area contributed by atoms with E-state index in [2.05, 4.69) is 0 Å². The van der Waals surface area contributed by atoms with Crippen molar-refractivity contribution in [2.45, 2.75) is 6.42 Å². The van der Waals surface area contributed by atoms with Gasteiger partial charge in [-0.05, 0) is 35.4 Å². The minimum atomic E-state index is -0.0486. The first-order valence-corrected chi connectivity index (χ1v) is 7.83. The molecule has 0 spiro atoms. The molecule has 3 rings (SSSR count). The molecule has 1 aliphatic carbocycles. The highest BCUT2D eigenvalue weighted by molar-refractivity contribution is 6.17. The highest BCUT2D eigenvalue weighted by Gasteiger charge is 2.30. The zero-order chi connectivity index (χ0) is 18.0. The number of hydrogen-bond donors (Lipinski definition) is 0. The van der Waals surface area contributed by atoms with Crippen molar-refractivity contribution in [3.05, 3.63) is 52.6 Å². The molecule has 0 saturated heterocycles. The van der Waals surface area contributed by atoms with Crippen molar-refractivity contribution in [3.63, 3.8) is 0 Å². The molecule has 0 atom stereocenters. The number of carbonyl (C=O) groups excluding carboxylic acids is 1. The lowest BCUT2D eigenvalue weighted by atomic mass is 10.1. The van der Waals surface area contributed by atoms with Gasteiger partial charge >= 0.3 is 0 Å². The maximum Gasteiger partial charge on any atom is 0.193 e. The molecule has 2 aromatic carbocycles. The molecule has 0 aliphatic heterocycles. The van der Waals surface area contributed by atoms with Crippen LogP contribution in [0.2, 0.25) is 0 Å². The molecule has 0 fully saturated rings. The van der Waals surface area contributed by atoms with Crippen molar-refractivity contribution in [1.29, 1.82) is 0 Å². The lowest BCUT2D eigenvalue weighted by Gasteiger charge is -2.10. The van der Waals surface area contributed by atoms with Gasteiger partial charge in [0.25, 0.3) is 0 Å². The number of allylic oxidation sites excluding steroid dienone is 1. The van der Waals surface area contributed by atoms with Crippen molar-refractivity contribution >= 4 is 11.9 Å². The molecule has 0 unspecified atom stereocenters. The summed E-state index contributed by atoms with van der Waals surface area (Å²) in [6.07, 6.45) is 2.41. The molecule has 0 radical (unpaired) electrons. The molecule has 2 aromatic rings. The SMILES string of the molecule is COc1cc(/C=C2\Cc3ccc(OC)c(OC)c3C2=O)cc(OC)c1. The summed E-state index contributed by atoms with van der Waals surface area (Å²) in [4.78, 5) is 12.9. The van der Waals surface area contributed by atoms with Gasteiger partial charge in [0.05, 0.1) is 34.0 Å². The van der Waals surface area contributed by atoms with E-state index in [0.29, 0.717) is 40.6 Å². The highest BCUT2D eigenvalue weighted by Crippen LogP contribution is 2.40. The molecule has 25 heavy (non-hydrogen) atoms. The smallest absolute Gasteiger partial charge is 0.193 e. The number of hydrogen-bond acceptors (Lipinski definition) is 5. The summed E-state index contributed by atoms with van der Waals surface area (Å²) < 4.78 is 21.3. The normalized spacial score (nSPS) is 14.4. The number of fused-ring (bicyclic) bond motifs is 1. The molecule has 130 valence electrons. The maximum absolute atomic E-state index is 12.9. The molecule has 0 heterocycles. The second kappa shape index (κ2) is 6.89. The molecule has 0 aromatic heterocycles. The minimum Gasteiger partial charge on any atom is -0.497 e. The van der Waals surface area contributed by atoms with E-state index in [1.807, 2.05) is 30.3 Å². The molecular formula is C20H20O5. The Bertz CT molecular complexity index is 829. The third-order valence-electron chi connectivity index (χ3n) is 4.25. The average molecular weight is 340 g/mol. The third-order valence-corrected chi connectivity index (χ3v) is 4.25. The monoisotopic (exact) mass is 340 g/mol. The Morgan fingerprint density at radius 2 is 1.56 bits per heavy atom. The van der Waals surface area contributed by atoms with Crippen LogP contribution >= 0.6 is 0 Å². The number of rotatable bonds is 5. The van der Waals surface area contributed by atoms with Crippen LogP contribution in [0.5, 0.6) is 23.0 Å². The number of ether oxygens (including phenoxy) is 4. The van der Waals surface area contributed by atoms with Gasteiger partial charge in [0.15, 0.2) is 17.3 Å². The molecule has 0 N–H and O–H groups in total. The highest BCUT2D eigenvalue weighted by atomic mass is 16.5. The fraction of sp³-hybridized carbons (Fsp3) is 0.250. The average Bonchev–Trinajstić information content (AvgIpc) is 2.96. The van der Waals surface area contributed by atoms with Crippen molar-refractivity contribution in [3.8, 4) is 23.0 Å². The lowest BCUT2D eigenvalue weighted by molar-refractivity contribution is 0.103. The van der Waals surface area contributed by atoms with Gasteiger partial charge in [0, 0.05) is 18.1 Å². The predicted octanol–water partition coefficient (Wildman–Crippen LogP) is 3.54. The van der Waals surface area contributed by atoms with Crippen LogP contribution in [0.3, 0.4) is 0 Å². The first-order valence-electron chi connectivity index (χ1n) is 7.83. The number of carbonyl (C=O) groups is 1. The topological polar surface area (TPSA) is 54.0 Å². The number of benzene rings is 2. The molecule has 5 nitrogen and oxygen atoms in total. The lowest BCUT2D eigenvalue weighted by Crippen LogP contribution is -2.01. The van der Waals surface area contributed by atoms with Crippen LogP contribution in [-0.4, -0.2) is 34.2 Å². The van der Waals surface area contributed by atoms with Crippen molar-refractivity contribution < 1.29 is 23.7 Å². The Hall–Kier alpha value is -2.95. The van der Waals surface area contributed by atoms with E-state index in [1.165, 1.54) is 0 Å². The summed E-state index contributed by atoms with van der Waals surface area (Å²) >= 11 is 0. The Morgan fingerprint density at radius 1 is 0.880 bits per heavy atom. The first kappa shape index (κ1) is 16.9. The van der Waals surface area contributed by atoms with Gasteiger partial charge in [-0.3, -0.25) is 4.79 Å². The number of Topliss-reactive ketones (excluding diaryl/α,β-unsaturated/α-hetero) is 1. The fourth-order valence-electron chi connectivity index (χ4n) is 3.04. The summed E-state index contributed by atoms with van der Waals surface area (Å²) in [5.41, 5.74) is 3.04. The first-order chi connectivity index (χ1) is 12.1. The quantitative estimate of drug-likeness (QED) is 0.779. The second-order valence-corrected chi connectivity index (χ2v) is 5.66. The van der Waals surface area contributed by atoms with Gasteiger partial charge in [-0.15, -0.1) is 0 Å². The summed E-state index contributed by atoms with van der Waals surface area (Å²) in [6, 6.07) is 9.25. The van der Waals surface area contributed by atoms with Crippen LogP contribution in [0.1, 0.15) is 21.5 Å². The zero-order valence-electron chi connectivity index (χ0n) is 14.7. The van der Waals surface area contributed by atoms with Gasteiger partial charge in [-0.1, -0.05) is 6.07 Å². The maximum atomic E-state index is 12.9. The minimum absolute atomic E-state index is 0.0486. The Balaban J connectivity index is 2.03. The predicted molar refractivity (Wildman–Crippen MR) is 95.1 cm³/mol. The molecule has 0 saturated carbocycles. The Morgan fingerprint density at radius 3 is 2.12 bits per heavy atom. The van der Waals surface area contributed by atoms with Crippen molar-refractivity contribution in [2.75, 3.05) is 28.4 Å². The fourth-order valence-corrected chi connectivity index (χ4v) is 3.04. The molecule has 1 aliphatic rings.